The Bertz CT molecular complexity index is 677. The zero-order chi connectivity index (χ0) is 12.4. The van der Waals surface area contributed by atoms with Gasteiger partial charge in [0.25, 0.3) is 0 Å². The number of nitrogens with two attached hydrogens (primary N) is 1. The molecule has 3 N–H and O–H groups in total. The van der Waals surface area contributed by atoms with Crippen molar-refractivity contribution in [2.24, 2.45) is 0 Å². The van der Waals surface area contributed by atoms with E-state index in [4.69, 9.17) is 5.73 Å². The second-order valence-corrected chi connectivity index (χ2v) is 5.10. The first-order chi connectivity index (χ1) is 8.84. The van der Waals surface area contributed by atoms with Crippen molar-refractivity contribution >= 4 is 37.4 Å². The van der Waals surface area contributed by atoms with E-state index in [1.807, 2.05) is 42.5 Å². The number of para-hydroxylation sites is 1. The maximum atomic E-state index is 5.92. The number of nitrogens with zero attached hydrogens (tertiary/aromatic N) is 2. The number of fused-ring (bicyclic) bond motifs is 1. The standard InChI is InChI=1S/C13H12N4Se/c14-10-5-2-1-4-9(10)8-15-11-6-3-7-12-13(11)17-18-16-12/h1-7,15H,8,14H2. The maximum absolute atomic E-state index is 5.92. The molecule has 5 heteroatoms. The van der Waals surface area contributed by atoms with E-state index < -0.39 is 0 Å². The fourth-order valence-electron chi connectivity index (χ4n) is 1.83. The average Bonchev–Trinajstić information content (AvgIpc) is 2.86. The molecule has 0 spiro atoms. The van der Waals surface area contributed by atoms with Crippen molar-refractivity contribution in [2.45, 2.75) is 6.54 Å². The first-order valence-corrected chi connectivity index (χ1v) is 7.16. The number of hydrogen-bond donors (Lipinski definition) is 2. The molecule has 18 heavy (non-hydrogen) atoms. The zero-order valence-corrected chi connectivity index (χ0v) is 11.3. The third-order valence-corrected chi connectivity index (χ3v) is 3.95. The molecule has 0 amide bonds. The predicted molar refractivity (Wildman–Crippen MR) is 74.7 cm³/mol. The second-order valence-electron chi connectivity index (χ2n) is 3.99. The van der Waals surface area contributed by atoms with E-state index in [1.54, 1.807) is 0 Å². The Kier molecular flexibility index (Phi) is 3.00. The van der Waals surface area contributed by atoms with Crippen LogP contribution in [0.25, 0.3) is 11.0 Å². The summed E-state index contributed by atoms with van der Waals surface area (Å²) >= 11 is 0.00584. The Morgan fingerprint density at radius 3 is 2.83 bits per heavy atom. The molecule has 3 aromatic rings. The molecular weight excluding hydrogens is 291 g/mol. The van der Waals surface area contributed by atoms with Crippen molar-refractivity contribution in [1.29, 1.82) is 0 Å². The number of anilines is 2. The van der Waals surface area contributed by atoms with E-state index in [0.717, 1.165) is 28.0 Å². The van der Waals surface area contributed by atoms with Crippen LogP contribution in [-0.2, 0) is 6.54 Å². The fraction of sp³-hybridized carbons (Fsp3) is 0.0769. The molecule has 0 atom stereocenters. The molecule has 0 bridgehead atoms. The van der Waals surface area contributed by atoms with Crippen LogP contribution in [0.2, 0.25) is 0 Å². The van der Waals surface area contributed by atoms with Crippen molar-refractivity contribution in [3.05, 3.63) is 48.0 Å². The van der Waals surface area contributed by atoms with Gasteiger partial charge in [0.2, 0.25) is 0 Å². The normalized spacial score (nSPS) is 10.7. The minimum absolute atomic E-state index is 0.00584. The van der Waals surface area contributed by atoms with Gasteiger partial charge in [-0.1, -0.05) is 0 Å². The van der Waals surface area contributed by atoms with Gasteiger partial charge in [0.15, 0.2) is 0 Å². The van der Waals surface area contributed by atoms with E-state index in [-0.39, 0.29) is 15.0 Å². The molecule has 0 aliphatic rings. The van der Waals surface area contributed by atoms with Crippen molar-refractivity contribution in [1.82, 2.24) is 7.96 Å². The quantitative estimate of drug-likeness (QED) is 0.573. The summed E-state index contributed by atoms with van der Waals surface area (Å²) < 4.78 is 8.80. The number of benzene rings is 2. The summed E-state index contributed by atoms with van der Waals surface area (Å²) in [6.45, 7) is 0.700. The minimum atomic E-state index is 0.00584. The van der Waals surface area contributed by atoms with Crippen molar-refractivity contribution in [3.8, 4) is 0 Å². The molecule has 1 heterocycles. The van der Waals surface area contributed by atoms with Crippen molar-refractivity contribution in [3.63, 3.8) is 0 Å². The Morgan fingerprint density at radius 2 is 1.94 bits per heavy atom. The Morgan fingerprint density at radius 1 is 1.06 bits per heavy atom. The van der Waals surface area contributed by atoms with Gasteiger partial charge < -0.3 is 0 Å². The third-order valence-electron chi connectivity index (χ3n) is 2.81. The Balaban J connectivity index is 1.85. The van der Waals surface area contributed by atoms with Crippen molar-refractivity contribution < 1.29 is 0 Å². The summed E-state index contributed by atoms with van der Waals surface area (Å²) in [4.78, 5) is 0. The molecule has 0 unspecified atom stereocenters. The van der Waals surface area contributed by atoms with Gasteiger partial charge in [0.05, 0.1) is 0 Å². The van der Waals surface area contributed by atoms with Crippen LogP contribution >= 0.6 is 0 Å². The van der Waals surface area contributed by atoms with Crippen LogP contribution in [0.1, 0.15) is 5.56 Å². The van der Waals surface area contributed by atoms with E-state index in [9.17, 15) is 0 Å². The van der Waals surface area contributed by atoms with Gasteiger partial charge in [0.1, 0.15) is 0 Å². The molecule has 0 saturated heterocycles. The van der Waals surface area contributed by atoms with Crippen LogP contribution in [0.3, 0.4) is 0 Å². The zero-order valence-electron chi connectivity index (χ0n) is 9.63. The van der Waals surface area contributed by atoms with Crippen LogP contribution in [0.4, 0.5) is 11.4 Å². The Labute approximate surface area is 111 Å². The molecule has 0 fully saturated rings. The van der Waals surface area contributed by atoms with Crippen LogP contribution in [0.5, 0.6) is 0 Å². The first kappa shape index (κ1) is 11.3. The molecule has 90 valence electrons. The van der Waals surface area contributed by atoms with E-state index in [1.165, 1.54) is 0 Å². The van der Waals surface area contributed by atoms with E-state index in [0.29, 0.717) is 6.54 Å². The summed E-state index contributed by atoms with van der Waals surface area (Å²) in [7, 11) is 0. The van der Waals surface area contributed by atoms with Crippen LogP contribution in [-0.4, -0.2) is 22.9 Å². The SMILES string of the molecule is Nc1ccccc1CNc1cccc2n[se]nc12. The first-order valence-electron chi connectivity index (χ1n) is 5.63. The number of hydrogen-bond acceptors (Lipinski definition) is 4. The molecule has 0 aliphatic heterocycles. The molecule has 1 aromatic heterocycles. The molecule has 4 nitrogen and oxygen atoms in total. The molecule has 0 saturated carbocycles. The molecule has 0 radical (unpaired) electrons. The van der Waals surface area contributed by atoms with Crippen LogP contribution in [0, 0.1) is 0 Å². The summed E-state index contributed by atoms with van der Waals surface area (Å²) in [6, 6.07) is 13.9. The summed E-state index contributed by atoms with van der Waals surface area (Å²) in [6.07, 6.45) is 0. The number of rotatable bonds is 3. The van der Waals surface area contributed by atoms with Gasteiger partial charge in [-0.25, -0.2) is 0 Å². The average molecular weight is 303 g/mol. The third kappa shape index (κ3) is 2.10. The van der Waals surface area contributed by atoms with Crippen LogP contribution < -0.4 is 11.1 Å². The summed E-state index contributed by atoms with van der Waals surface area (Å²) in [5, 5.41) is 3.38. The van der Waals surface area contributed by atoms with Gasteiger partial charge in [-0.15, -0.1) is 0 Å². The van der Waals surface area contributed by atoms with E-state index >= 15 is 0 Å². The number of nitrogens with one attached hydrogen (secondary N) is 1. The Hall–Kier alpha value is -1.84. The molecular formula is C13H12N4Se. The van der Waals surface area contributed by atoms with Gasteiger partial charge in [-0.05, 0) is 0 Å². The number of aromatic nitrogens is 2. The van der Waals surface area contributed by atoms with Gasteiger partial charge >= 0.3 is 111 Å². The van der Waals surface area contributed by atoms with E-state index in [2.05, 4.69) is 13.3 Å². The summed E-state index contributed by atoms with van der Waals surface area (Å²) in [5.41, 5.74) is 10.8. The monoisotopic (exact) mass is 304 g/mol. The van der Waals surface area contributed by atoms with Crippen molar-refractivity contribution in [2.75, 3.05) is 11.1 Å². The van der Waals surface area contributed by atoms with Gasteiger partial charge in [-0.3, -0.25) is 0 Å². The molecule has 0 aliphatic carbocycles. The predicted octanol–water partition coefficient (Wildman–Crippen LogP) is 1.88. The fourth-order valence-corrected chi connectivity index (χ4v) is 2.99. The van der Waals surface area contributed by atoms with Gasteiger partial charge in [-0.2, -0.15) is 0 Å². The molecule has 3 rings (SSSR count). The van der Waals surface area contributed by atoms with Crippen LogP contribution in [0.15, 0.2) is 42.5 Å². The number of nitrogen functional groups attached to an aromatic ring is 1. The summed E-state index contributed by atoms with van der Waals surface area (Å²) in [5.74, 6) is 0. The molecule has 2 aromatic carbocycles. The van der Waals surface area contributed by atoms with Gasteiger partial charge in [0, 0.05) is 0 Å². The topological polar surface area (TPSA) is 63.8 Å². The second kappa shape index (κ2) is 4.80.